The molecule has 58 valence electrons. The normalized spacial score (nSPS) is 10.1. The van der Waals surface area contributed by atoms with Gasteiger partial charge in [-0.1, -0.05) is 5.21 Å². The highest BCUT2D eigenvalue weighted by Crippen LogP contribution is 2.08. The molecular weight excluding hydrogens is 140 g/mol. The average Bonchev–Trinajstić information content (AvgIpc) is 2.30. The van der Waals surface area contributed by atoms with Gasteiger partial charge in [-0.25, -0.2) is 4.68 Å². The zero-order valence-corrected chi connectivity index (χ0v) is 6.87. The van der Waals surface area contributed by atoms with Crippen molar-refractivity contribution in [1.29, 1.82) is 5.26 Å². The van der Waals surface area contributed by atoms with Crippen molar-refractivity contribution in [3.63, 3.8) is 0 Å². The maximum atomic E-state index is 8.55. The molecule has 0 saturated heterocycles. The molecule has 1 heterocycles. The van der Waals surface area contributed by atoms with E-state index < -0.39 is 0 Å². The largest absolute Gasteiger partial charge is 0.246 e. The second-order valence-electron chi connectivity index (χ2n) is 2.67. The van der Waals surface area contributed by atoms with E-state index in [0.29, 0.717) is 5.69 Å². The molecular formula is C7H10N4. The Morgan fingerprint density at radius 2 is 2.18 bits per heavy atom. The molecule has 0 saturated carbocycles. The molecule has 1 rings (SSSR count). The van der Waals surface area contributed by atoms with E-state index in [-0.39, 0.29) is 6.04 Å². The van der Waals surface area contributed by atoms with Crippen LogP contribution in [0.4, 0.5) is 0 Å². The molecule has 11 heavy (non-hydrogen) atoms. The molecule has 4 nitrogen and oxygen atoms in total. The van der Waals surface area contributed by atoms with Crippen molar-refractivity contribution in [2.45, 2.75) is 26.8 Å². The third-order valence-corrected chi connectivity index (χ3v) is 1.52. The summed E-state index contributed by atoms with van der Waals surface area (Å²) in [6, 6.07) is 2.24. The van der Waals surface area contributed by atoms with Crippen molar-refractivity contribution in [1.82, 2.24) is 15.0 Å². The van der Waals surface area contributed by atoms with Crippen LogP contribution in [-0.4, -0.2) is 15.0 Å². The molecule has 0 aliphatic carbocycles. The Labute approximate surface area is 65.4 Å². The van der Waals surface area contributed by atoms with Crippen LogP contribution in [0.15, 0.2) is 0 Å². The molecule has 0 spiro atoms. The molecule has 0 radical (unpaired) electrons. The van der Waals surface area contributed by atoms with Crippen molar-refractivity contribution in [2.75, 3.05) is 0 Å². The van der Waals surface area contributed by atoms with Crippen LogP contribution in [0.3, 0.4) is 0 Å². The fourth-order valence-electron chi connectivity index (χ4n) is 0.935. The van der Waals surface area contributed by atoms with E-state index in [9.17, 15) is 0 Å². The van der Waals surface area contributed by atoms with E-state index in [4.69, 9.17) is 5.26 Å². The summed E-state index contributed by atoms with van der Waals surface area (Å²) in [6.45, 7) is 5.85. The first-order valence-electron chi connectivity index (χ1n) is 3.48. The first-order chi connectivity index (χ1) is 5.16. The zero-order chi connectivity index (χ0) is 8.43. The number of nitrogens with zero attached hydrogens (tertiary/aromatic N) is 4. The number of hydrogen-bond donors (Lipinski definition) is 0. The lowest BCUT2D eigenvalue weighted by Crippen LogP contribution is -2.04. The maximum absolute atomic E-state index is 8.55. The molecule has 0 aromatic carbocycles. The van der Waals surface area contributed by atoms with Gasteiger partial charge in [0.15, 0.2) is 5.69 Å². The number of hydrogen-bond acceptors (Lipinski definition) is 3. The summed E-state index contributed by atoms with van der Waals surface area (Å²) in [4.78, 5) is 0. The quantitative estimate of drug-likeness (QED) is 0.601. The van der Waals surface area contributed by atoms with Gasteiger partial charge in [-0.05, 0) is 20.8 Å². The monoisotopic (exact) mass is 150 g/mol. The third kappa shape index (κ3) is 1.22. The topological polar surface area (TPSA) is 54.5 Å². The lowest BCUT2D eigenvalue weighted by Gasteiger charge is -2.04. The summed E-state index contributed by atoms with van der Waals surface area (Å²) in [5.74, 6) is 0. The zero-order valence-electron chi connectivity index (χ0n) is 6.87. The van der Waals surface area contributed by atoms with Crippen molar-refractivity contribution in [2.24, 2.45) is 0 Å². The molecule has 0 aliphatic rings. The van der Waals surface area contributed by atoms with Crippen molar-refractivity contribution in [3.05, 3.63) is 11.4 Å². The van der Waals surface area contributed by atoms with Crippen LogP contribution in [0.5, 0.6) is 0 Å². The van der Waals surface area contributed by atoms with E-state index in [1.54, 1.807) is 4.68 Å². The average molecular weight is 150 g/mol. The summed E-state index contributed by atoms with van der Waals surface area (Å²) in [5.41, 5.74) is 1.25. The highest BCUT2D eigenvalue weighted by Gasteiger charge is 2.08. The molecule has 4 heteroatoms. The van der Waals surface area contributed by atoms with Crippen LogP contribution in [0.25, 0.3) is 0 Å². The van der Waals surface area contributed by atoms with Crippen molar-refractivity contribution >= 4 is 0 Å². The Bertz CT molecular complexity index is 292. The minimum Gasteiger partial charge on any atom is -0.246 e. The Morgan fingerprint density at radius 1 is 1.55 bits per heavy atom. The van der Waals surface area contributed by atoms with Crippen LogP contribution in [0.1, 0.15) is 31.3 Å². The molecule has 0 unspecified atom stereocenters. The van der Waals surface area contributed by atoms with Crippen LogP contribution in [0, 0.1) is 18.3 Å². The molecule has 0 N–H and O–H groups in total. The van der Waals surface area contributed by atoms with Gasteiger partial charge in [0, 0.05) is 6.04 Å². The highest BCUT2D eigenvalue weighted by molar-refractivity contribution is 5.23. The summed E-state index contributed by atoms with van der Waals surface area (Å²) in [6.07, 6.45) is 0. The summed E-state index contributed by atoms with van der Waals surface area (Å²) in [5, 5.41) is 16.1. The predicted octanol–water partition coefficient (Wildman–Crippen LogP) is 1.04. The number of nitriles is 1. The third-order valence-electron chi connectivity index (χ3n) is 1.52. The van der Waals surface area contributed by atoms with Gasteiger partial charge in [-0.3, -0.25) is 0 Å². The van der Waals surface area contributed by atoms with Crippen molar-refractivity contribution in [3.8, 4) is 6.07 Å². The van der Waals surface area contributed by atoms with Crippen LogP contribution in [0.2, 0.25) is 0 Å². The molecule has 0 aliphatic heterocycles. The van der Waals surface area contributed by atoms with Crippen LogP contribution in [-0.2, 0) is 0 Å². The minimum absolute atomic E-state index is 0.268. The van der Waals surface area contributed by atoms with Gasteiger partial charge in [0.25, 0.3) is 0 Å². The molecule has 0 amide bonds. The number of rotatable bonds is 1. The molecule has 0 atom stereocenters. The van der Waals surface area contributed by atoms with E-state index >= 15 is 0 Å². The molecule has 0 bridgehead atoms. The van der Waals surface area contributed by atoms with Gasteiger partial charge in [0.1, 0.15) is 6.07 Å². The Morgan fingerprint density at radius 3 is 2.45 bits per heavy atom. The summed E-state index contributed by atoms with van der Waals surface area (Å²) in [7, 11) is 0. The van der Waals surface area contributed by atoms with Crippen LogP contribution >= 0.6 is 0 Å². The Hall–Kier alpha value is -1.37. The Kier molecular flexibility index (Phi) is 1.90. The standard InChI is InChI=1S/C7H10N4/c1-5(2)11-6(3)7(4-8)9-10-11/h5H,1-3H3. The van der Waals surface area contributed by atoms with Gasteiger partial charge >= 0.3 is 0 Å². The lowest BCUT2D eigenvalue weighted by molar-refractivity contribution is 0.502. The second kappa shape index (κ2) is 2.70. The van der Waals surface area contributed by atoms with E-state index in [1.165, 1.54) is 0 Å². The SMILES string of the molecule is Cc1c(C#N)nnn1C(C)C. The smallest absolute Gasteiger partial charge is 0.185 e. The summed E-state index contributed by atoms with van der Waals surface area (Å²) >= 11 is 0. The summed E-state index contributed by atoms with van der Waals surface area (Å²) < 4.78 is 1.73. The van der Waals surface area contributed by atoms with E-state index in [0.717, 1.165) is 5.69 Å². The van der Waals surface area contributed by atoms with Crippen LogP contribution < -0.4 is 0 Å². The first-order valence-corrected chi connectivity index (χ1v) is 3.48. The first kappa shape index (κ1) is 7.73. The highest BCUT2D eigenvalue weighted by atomic mass is 15.4. The maximum Gasteiger partial charge on any atom is 0.185 e. The van der Waals surface area contributed by atoms with Gasteiger partial charge in [-0.15, -0.1) is 5.10 Å². The predicted molar refractivity (Wildman–Crippen MR) is 39.9 cm³/mol. The van der Waals surface area contributed by atoms with Gasteiger partial charge in [0.2, 0.25) is 0 Å². The van der Waals surface area contributed by atoms with Gasteiger partial charge in [0.05, 0.1) is 5.69 Å². The molecule has 1 aromatic rings. The fraction of sp³-hybridized carbons (Fsp3) is 0.571. The van der Waals surface area contributed by atoms with E-state index in [1.807, 2.05) is 26.8 Å². The van der Waals surface area contributed by atoms with Gasteiger partial charge < -0.3 is 0 Å². The van der Waals surface area contributed by atoms with Gasteiger partial charge in [-0.2, -0.15) is 5.26 Å². The van der Waals surface area contributed by atoms with E-state index in [2.05, 4.69) is 10.3 Å². The lowest BCUT2D eigenvalue weighted by atomic mass is 10.3. The second-order valence-corrected chi connectivity index (χ2v) is 2.67. The minimum atomic E-state index is 0.268. The molecule has 0 fully saturated rings. The molecule has 1 aromatic heterocycles. The number of aromatic nitrogens is 3. The van der Waals surface area contributed by atoms with Crippen molar-refractivity contribution < 1.29 is 0 Å². The Balaban J connectivity index is 3.13. The fourth-order valence-corrected chi connectivity index (χ4v) is 0.935.